The second kappa shape index (κ2) is 3.11. The minimum absolute atomic E-state index is 0.295. The molecule has 0 aromatic rings. The van der Waals surface area contributed by atoms with Crippen molar-refractivity contribution in [2.24, 2.45) is 17.3 Å². The Kier molecular flexibility index (Phi) is 2.55. The first-order chi connectivity index (χ1) is 5.17. The van der Waals surface area contributed by atoms with Crippen molar-refractivity contribution < 1.29 is 9.84 Å². The Morgan fingerprint density at radius 1 is 1.64 bits per heavy atom. The van der Waals surface area contributed by atoms with Gasteiger partial charge in [0.25, 0.3) is 0 Å². The maximum atomic E-state index is 8.96. The number of aliphatic hydroxyl groups is 1. The van der Waals surface area contributed by atoms with Crippen molar-refractivity contribution in [1.82, 2.24) is 0 Å². The van der Waals surface area contributed by atoms with Gasteiger partial charge in [-0.05, 0) is 18.3 Å². The molecule has 2 unspecified atom stereocenters. The van der Waals surface area contributed by atoms with Gasteiger partial charge in [0.15, 0.2) is 0 Å². The minimum atomic E-state index is 0.295. The van der Waals surface area contributed by atoms with Crippen LogP contribution in [-0.4, -0.2) is 25.4 Å². The molecule has 0 aliphatic heterocycles. The van der Waals surface area contributed by atoms with E-state index in [1.807, 2.05) is 0 Å². The summed E-state index contributed by atoms with van der Waals surface area (Å²) in [5, 5.41) is 8.96. The van der Waals surface area contributed by atoms with Gasteiger partial charge in [0.1, 0.15) is 0 Å². The SMILES string of the molecule is COCC1(C(C)C)CC1CO. The van der Waals surface area contributed by atoms with Gasteiger partial charge in [0.2, 0.25) is 0 Å². The maximum Gasteiger partial charge on any atom is 0.0524 e. The number of rotatable bonds is 4. The molecule has 0 aromatic heterocycles. The summed E-state index contributed by atoms with van der Waals surface area (Å²) in [6, 6.07) is 0. The molecule has 1 aliphatic rings. The lowest BCUT2D eigenvalue weighted by Crippen LogP contribution is -2.20. The summed E-state index contributed by atoms with van der Waals surface area (Å²) in [5.74, 6) is 1.11. The van der Waals surface area contributed by atoms with Crippen molar-refractivity contribution in [2.45, 2.75) is 20.3 Å². The first-order valence-corrected chi connectivity index (χ1v) is 4.27. The van der Waals surface area contributed by atoms with Crippen molar-refractivity contribution in [3.8, 4) is 0 Å². The first-order valence-electron chi connectivity index (χ1n) is 4.27. The number of aliphatic hydroxyl groups excluding tert-OH is 1. The second-order valence-corrected chi connectivity index (χ2v) is 3.90. The Balaban J connectivity index is 2.48. The standard InChI is InChI=1S/C9H18O2/c1-7(2)9(6-11-3)4-8(9)5-10/h7-8,10H,4-6H2,1-3H3. The van der Waals surface area contributed by atoms with Crippen LogP contribution >= 0.6 is 0 Å². The summed E-state index contributed by atoms with van der Waals surface area (Å²) in [5.41, 5.74) is 0.295. The maximum absolute atomic E-state index is 8.96. The monoisotopic (exact) mass is 158 g/mol. The zero-order valence-corrected chi connectivity index (χ0v) is 7.63. The van der Waals surface area contributed by atoms with Crippen LogP contribution in [0.25, 0.3) is 0 Å². The van der Waals surface area contributed by atoms with E-state index in [0.717, 1.165) is 13.0 Å². The molecule has 1 N–H and O–H groups in total. The molecule has 2 heteroatoms. The third-order valence-corrected chi connectivity index (χ3v) is 3.06. The van der Waals surface area contributed by atoms with Crippen LogP contribution in [0.5, 0.6) is 0 Å². The number of hydrogen-bond donors (Lipinski definition) is 1. The fourth-order valence-corrected chi connectivity index (χ4v) is 1.97. The van der Waals surface area contributed by atoms with Crippen molar-refractivity contribution in [3.63, 3.8) is 0 Å². The highest BCUT2D eigenvalue weighted by Gasteiger charge is 2.55. The normalized spacial score (nSPS) is 36.3. The van der Waals surface area contributed by atoms with Gasteiger partial charge in [-0.25, -0.2) is 0 Å². The van der Waals surface area contributed by atoms with E-state index in [1.165, 1.54) is 0 Å². The average Bonchev–Trinajstić information content (AvgIpc) is 2.65. The topological polar surface area (TPSA) is 29.5 Å². The van der Waals surface area contributed by atoms with Crippen molar-refractivity contribution >= 4 is 0 Å². The molecule has 1 aliphatic carbocycles. The van der Waals surface area contributed by atoms with E-state index in [4.69, 9.17) is 9.84 Å². The largest absolute Gasteiger partial charge is 0.396 e. The molecule has 2 atom stereocenters. The number of methoxy groups -OCH3 is 1. The van der Waals surface area contributed by atoms with E-state index in [9.17, 15) is 0 Å². The molecule has 0 radical (unpaired) electrons. The summed E-state index contributed by atoms with van der Waals surface area (Å²) in [6.07, 6.45) is 1.13. The Morgan fingerprint density at radius 3 is 2.55 bits per heavy atom. The highest BCUT2D eigenvalue weighted by molar-refractivity contribution is 5.03. The molecule has 0 bridgehead atoms. The molecule has 2 nitrogen and oxygen atoms in total. The summed E-state index contributed by atoms with van der Waals surface area (Å²) in [4.78, 5) is 0. The van der Waals surface area contributed by atoms with E-state index >= 15 is 0 Å². The molecule has 0 amide bonds. The van der Waals surface area contributed by atoms with E-state index in [0.29, 0.717) is 23.9 Å². The van der Waals surface area contributed by atoms with Crippen LogP contribution in [0.2, 0.25) is 0 Å². The Hall–Kier alpha value is -0.0800. The minimum Gasteiger partial charge on any atom is -0.396 e. The van der Waals surface area contributed by atoms with Gasteiger partial charge in [0.05, 0.1) is 6.61 Å². The van der Waals surface area contributed by atoms with Crippen LogP contribution in [0.3, 0.4) is 0 Å². The van der Waals surface area contributed by atoms with Gasteiger partial charge >= 0.3 is 0 Å². The second-order valence-electron chi connectivity index (χ2n) is 3.90. The van der Waals surface area contributed by atoms with Crippen LogP contribution < -0.4 is 0 Å². The third-order valence-electron chi connectivity index (χ3n) is 3.06. The first kappa shape index (κ1) is 9.01. The van der Waals surface area contributed by atoms with Crippen LogP contribution in [0.15, 0.2) is 0 Å². The van der Waals surface area contributed by atoms with Gasteiger partial charge in [-0.2, -0.15) is 0 Å². The molecule has 0 heterocycles. The van der Waals surface area contributed by atoms with Gasteiger partial charge in [-0.3, -0.25) is 0 Å². The average molecular weight is 158 g/mol. The van der Waals surface area contributed by atoms with Gasteiger partial charge < -0.3 is 9.84 Å². The fraction of sp³-hybridized carbons (Fsp3) is 1.00. The number of ether oxygens (including phenoxy) is 1. The Labute approximate surface area is 68.6 Å². The van der Waals surface area contributed by atoms with E-state index in [2.05, 4.69) is 13.8 Å². The van der Waals surface area contributed by atoms with E-state index in [1.54, 1.807) is 7.11 Å². The van der Waals surface area contributed by atoms with E-state index in [-0.39, 0.29) is 0 Å². The third kappa shape index (κ3) is 1.42. The quantitative estimate of drug-likeness (QED) is 0.668. The predicted molar refractivity (Wildman–Crippen MR) is 44.3 cm³/mol. The Morgan fingerprint density at radius 2 is 2.27 bits per heavy atom. The van der Waals surface area contributed by atoms with Gasteiger partial charge in [-0.1, -0.05) is 13.8 Å². The van der Waals surface area contributed by atoms with Crippen LogP contribution in [0, 0.1) is 17.3 Å². The molecule has 11 heavy (non-hydrogen) atoms. The Bertz CT molecular complexity index is 134. The molecule has 0 saturated heterocycles. The fourth-order valence-electron chi connectivity index (χ4n) is 1.97. The van der Waals surface area contributed by atoms with Crippen LogP contribution in [0.1, 0.15) is 20.3 Å². The lowest BCUT2D eigenvalue weighted by molar-refractivity contribution is 0.0939. The highest BCUT2D eigenvalue weighted by atomic mass is 16.5. The molecular weight excluding hydrogens is 140 g/mol. The van der Waals surface area contributed by atoms with Crippen molar-refractivity contribution in [1.29, 1.82) is 0 Å². The predicted octanol–water partition coefficient (Wildman–Crippen LogP) is 1.29. The summed E-state index contributed by atoms with van der Waals surface area (Å²) in [6.45, 7) is 5.53. The zero-order valence-electron chi connectivity index (χ0n) is 7.63. The molecule has 1 saturated carbocycles. The molecule has 1 fully saturated rings. The van der Waals surface area contributed by atoms with E-state index < -0.39 is 0 Å². The number of hydrogen-bond acceptors (Lipinski definition) is 2. The van der Waals surface area contributed by atoms with Crippen molar-refractivity contribution in [3.05, 3.63) is 0 Å². The van der Waals surface area contributed by atoms with Gasteiger partial charge in [-0.15, -0.1) is 0 Å². The summed E-state index contributed by atoms with van der Waals surface area (Å²) in [7, 11) is 1.73. The highest BCUT2D eigenvalue weighted by Crippen LogP contribution is 2.57. The zero-order chi connectivity index (χ0) is 8.48. The smallest absolute Gasteiger partial charge is 0.0524 e. The van der Waals surface area contributed by atoms with Crippen LogP contribution in [-0.2, 0) is 4.74 Å². The molecular formula is C9H18O2. The molecule has 0 aromatic carbocycles. The summed E-state index contributed by atoms with van der Waals surface area (Å²) < 4.78 is 5.15. The van der Waals surface area contributed by atoms with Crippen molar-refractivity contribution in [2.75, 3.05) is 20.3 Å². The molecule has 0 spiro atoms. The van der Waals surface area contributed by atoms with Crippen LogP contribution in [0.4, 0.5) is 0 Å². The molecule has 1 rings (SSSR count). The molecule has 66 valence electrons. The van der Waals surface area contributed by atoms with Gasteiger partial charge in [0, 0.05) is 19.1 Å². The summed E-state index contributed by atoms with van der Waals surface area (Å²) >= 11 is 0. The lowest BCUT2D eigenvalue weighted by Gasteiger charge is -2.20. The lowest BCUT2D eigenvalue weighted by atomic mass is 9.91.